The summed E-state index contributed by atoms with van der Waals surface area (Å²) in [7, 11) is 0. The molecule has 0 unspecified atom stereocenters. The molecule has 0 amide bonds. The number of hydrogen-bond acceptors (Lipinski definition) is 4. The fourth-order valence-corrected chi connectivity index (χ4v) is 3.93. The standard InChI is InChI=1S/C21H17ClN4OS/c1-3-15-5-7-16(8-6-15)13-28-21-24-23-19-20(27)25(10-11-26(19)21)18-12-17(22)9-4-14(18)2/h3-12H,1,13H2,2H3. The van der Waals surface area contributed by atoms with Crippen LogP contribution in [0, 0.1) is 6.92 Å². The lowest BCUT2D eigenvalue weighted by molar-refractivity contribution is 0.890. The van der Waals surface area contributed by atoms with E-state index in [1.54, 1.807) is 33.5 Å². The van der Waals surface area contributed by atoms with Crippen molar-refractivity contribution in [3.8, 4) is 5.69 Å². The molecule has 7 heteroatoms. The molecule has 0 radical (unpaired) electrons. The lowest BCUT2D eigenvalue weighted by Crippen LogP contribution is -2.21. The Hall–Kier alpha value is -2.83. The van der Waals surface area contributed by atoms with Crippen LogP contribution in [0.1, 0.15) is 16.7 Å². The summed E-state index contributed by atoms with van der Waals surface area (Å²) in [5.74, 6) is 0.731. The predicted octanol–water partition coefficient (Wildman–Crippen LogP) is 4.78. The third kappa shape index (κ3) is 3.48. The molecule has 0 aliphatic carbocycles. The maximum absolute atomic E-state index is 12.9. The van der Waals surface area contributed by atoms with Gasteiger partial charge in [0.05, 0.1) is 5.69 Å². The molecule has 0 saturated carbocycles. The van der Waals surface area contributed by atoms with Crippen molar-refractivity contribution in [2.45, 2.75) is 17.8 Å². The van der Waals surface area contributed by atoms with Gasteiger partial charge in [-0.15, -0.1) is 10.2 Å². The van der Waals surface area contributed by atoms with Crippen molar-refractivity contribution in [3.63, 3.8) is 0 Å². The highest BCUT2D eigenvalue weighted by atomic mass is 35.5. The van der Waals surface area contributed by atoms with Crippen LogP contribution < -0.4 is 5.56 Å². The first-order valence-corrected chi connectivity index (χ1v) is 10.0. The highest BCUT2D eigenvalue weighted by molar-refractivity contribution is 7.98. The number of halogens is 1. The van der Waals surface area contributed by atoms with E-state index < -0.39 is 0 Å². The van der Waals surface area contributed by atoms with E-state index in [1.807, 2.05) is 31.2 Å². The minimum Gasteiger partial charge on any atom is -0.279 e. The smallest absolute Gasteiger partial charge is 0.279 e. The average Bonchev–Trinajstić information content (AvgIpc) is 3.13. The fraction of sp³-hybridized carbons (Fsp3) is 0.0952. The van der Waals surface area contributed by atoms with Crippen LogP contribution in [0.3, 0.4) is 0 Å². The van der Waals surface area contributed by atoms with Crippen molar-refractivity contribution < 1.29 is 0 Å². The number of hydrogen-bond donors (Lipinski definition) is 0. The summed E-state index contributed by atoms with van der Waals surface area (Å²) in [6.45, 7) is 5.70. The summed E-state index contributed by atoms with van der Waals surface area (Å²) >= 11 is 7.64. The van der Waals surface area contributed by atoms with Crippen LogP contribution in [-0.2, 0) is 5.75 Å². The van der Waals surface area contributed by atoms with Gasteiger partial charge in [0.25, 0.3) is 0 Å². The molecule has 5 nitrogen and oxygen atoms in total. The lowest BCUT2D eigenvalue weighted by Gasteiger charge is -2.10. The van der Waals surface area contributed by atoms with Crippen LogP contribution in [0.4, 0.5) is 0 Å². The van der Waals surface area contributed by atoms with Crippen molar-refractivity contribution in [2.24, 2.45) is 0 Å². The monoisotopic (exact) mass is 408 g/mol. The molecular weight excluding hydrogens is 392 g/mol. The molecule has 2 aromatic carbocycles. The molecule has 4 rings (SSSR count). The molecular formula is C21H17ClN4OS. The molecule has 0 atom stereocenters. The molecule has 0 bridgehead atoms. The van der Waals surface area contributed by atoms with Gasteiger partial charge in [0.2, 0.25) is 5.65 Å². The van der Waals surface area contributed by atoms with Crippen molar-refractivity contribution in [1.82, 2.24) is 19.2 Å². The molecule has 28 heavy (non-hydrogen) atoms. The van der Waals surface area contributed by atoms with Gasteiger partial charge in [-0.3, -0.25) is 13.8 Å². The van der Waals surface area contributed by atoms with Gasteiger partial charge in [-0.25, -0.2) is 0 Å². The fourth-order valence-electron chi connectivity index (χ4n) is 2.89. The Bertz CT molecular complexity index is 1230. The quantitative estimate of drug-likeness (QED) is 0.446. The normalized spacial score (nSPS) is 11.1. The zero-order chi connectivity index (χ0) is 19.7. The van der Waals surface area contributed by atoms with Crippen molar-refractivity contribution in [3.05, 3.63) is 93.5 Å². The summed E-state index contributed by atoms with van der Waals surface area (Å²) in [6.07, 6.45) is 5.34. The van der Waals surface area contributed by atoms with Crippen LogP contribution >= 0.6 is 23.4 Å². The summed E-state index contributed by atoms with van der Waals surface area (Å²) in [4.78, 5) is 12.9. The van der Waals surface area contributed by atoms with E-state index >= 15 is 0 Å². The third-order valence-electron chi connectivity index (χ3n) is 4.45. The number of rotatable bonds is 5. The van der Waals surface area contributed by atoms with Gasteiger partial charge in [0.1, 0.15) is 0 Å². The first-order chi connectivity index (χ1) is 13.6. The third-order valence-corrected chi connectivity index (χ3v) is 5.70. The second-order valence-corrected chi connectivity index (χ2v) is 7.69. The van der Waals surface area contributed by atoms with Gasteiger partial charge in [-0.05, 0) is 35.7 Å². The molecule has 0 fully saturated rings. The molecule has 0 aliphatic heterocycles. The summed E-state index contributed by atoms with van der Waals surface area (Å²) in [5, 5.41) is 9.56. The lowest BCUT2D eigenvalue weighted by atomic mass is 10.1. The zero-order valence-electron chi connectivity index (χ0n) is 15.2. The van der Waals surface area contributed by atoms with E-state index in [-0.39, 0.29) is 11.2 Å². The Morgan fingerprint density at radius 3 is 2.68 bits per heavy atom. The van der Waals surface area contributed by atoms with Gasteiger partial charge in [-0.1, -0.05) is 66.3 Å². The second-order valence-electron chi connectivity index (χ2n) is 6.31. The van der Waals surface area contributed by atoms with E-state index in [0.29, 0.717) is 10.2 Å². The first kappa shape index (κ1) is 18.5. The highest BCUT2D eigenvalue weighted by Gasteiger charge is 2.13. The van der Waals surface area contributed by atoms with Crippen molar-refractivity contribution in [1.29, 1.82) is 0 Å². The minimum atomic E-state index is -0.234. The Kier molecular flexibility index (Phi) is 5.07. The molecule has 140 valence electrons. The van der Waals surface area contributed by atoms with Gasteiger partial charge in [-0.2, -0.15) is 0 Å². The highest BCUT2D eigenvalue weighted by Crippen LogP contribution is 2.22. The Labute approximate surface area is 171 Å². The predicted molar refractivity (Wildman–Crippen MR) is 114 cm³/mol. The van der Waals surface area contributed by atoms with Crippen LogP contribution in [0.5, 0.6) is 0 Å². The van der Waals surface area contributed by atoms with Gasteiger partial charge >= 0.3 is 5.56 Å². The van der Waals surface area contributed by atoms with Gasteiger partial charge in [0.15, 0.2) is 5.16 Å². The van der Waals surface area contributed by atoms with Gasteiger partial charge < -0.3 is 0 Å². The summed E-state index contributed by atoms with van der Waals surface area (Å²) in [5.41, 5.74) is 3.98. The topological polar surface area (TPSA) is 52.2 Å². The van der Waals surface area contributed by atoms with Crippen LogP contribution in [0.15, 0.2) is 71.4 Å². The van der Waals surface area contributed by atoms with Crippen molar-refractivity contribution >= 4 is 35.1 Å². The van der Waals surface area contributed by atoms with Crippen LogP contribution in [-0.4, -0.2) is 19.2 Å². The molecule has 4 aromatic rings. The zero-order valence-corrected chi connectivity index (χ0v) is 16.7. The van der Waals surface area contributed by atoms with Crippen LogP contribution in [0.2, 0.25) is 5.02 Å². The van der Waals surface area contributed by atoms with E-state index in [4.69, 9.17) is 11.6 Å². The molecule has 0 aliphatic rings. The Morgan fingerprint density at radius 2 is 1.93 bits per heavy atom. The average molecular weight is 409 g/mol. The van der Waals surface area contributed by atoms with Gasteiger partial charge in [0, 0.05) is 23.2 Å². The summed E-state index contributed by atoms with van der Waals surface area (Å²) < 4.78 is 3.27. The number of aryl methyl sites for hydroxylation is 1. The molecule has 2 heterocycles. The Balaban J connectivity index is 1.65. The number of aromatic nitrogens is 4. The number of benzene rings is 2. The van der Waals surface area contributed by atoms with Crippen LogP contribution in [0.25, 0.3) is 17.4 Å². The Morgan fingerprint density at radius 1 is 1.14 bits per heavy atom. The molecule has 0 N–H and O–H groups in total. The number of thioether (sulfide) groups is 1. The molecule has 2 aromatic heterocycles. The molecule has 0 saturated heterocycles. The molecule has 0 spiro atoms. The maximum atomic E-state index is 12.9. The van der Waals surface area contributed by atoms with Crippen molar-refractivity contribution in [2.75, 3.05) is 0 Å². The largest absolute Gasteiger partial charge is 0.300 e. The SMILES string of the molecule is C=Cc1ccc(CSc2nnc3c(=O)n(-c4cc(Cl)ccc4C)ccn23)cc1. The summed E-state index contributed by atoms with van der Waals surface area (Å²) in [6, 6.07) is 13.6. The van der Waals surface area contributed by atoms with E-state index in [2.05, 4.69) is 28.9 Å². The number of fused-ring (bicyclic) bond motifs is 1. The minimum absolute atomic E-state index is 0.234. The van der Waals surface area contributed by atoms with E-state index in [9.17, 15) is 4.79 Å². The number of nitrogens with zero attached hydrogens (tertiary/aromatic N) is 4. The maximum Gasteiger partial charge on any atom is 0.300 e. The van der Waals surface area contributed by atoms with E-state index in [0.717, 1.165) is 28.1 Å². The second kappa shape index (κ2) is 7.66. The van der Waals surface area contributed by atoms with E-state index in [1.165, 1.54) is 11.8 Å². The first-order valence-electron chi connectivity index (χ1n) is 8.64.